The van der Waals surface area contributed by atoms with Crippen LogP contribution in [0.5, 0.6) is 5.75 Å². The molecule has 2 aromatic carbocycles. The van der Waals surface area contributed by atoms with Crippen LogP contribution in [0.15, 0.2) is 53.7 Å². The maximum atomic E-state index is 12.9. The van der Waals surface area contributed by atoms with Gasteiger partial charge < -0.3 is 14.6 Å². The van der Waals surface area contributed by atoms with Crippen LogP contribution in [0.4, 0.5) is 4.39 Å². The van der Waals surface area contributed by atoms with Gasteiger partial charge in [-0.3, -0.25) is 4.79 Å². The van der Waals surface area contributed by atoms with Crippen LogP contribution in [0.25, 0.3) is 11.4 Å². The molecule has 3 rings (SSSR count). The number of carbonyl (C=O) groups is 1. The highest BCUT2D eigenvalue weighted by Crippen LogP contribution is 2.25. The first-order chi connectivity index (χ1) is 13.6. The Kier molecular flexibility index (Phi) is 6.65. The zero-order valence-corrected chi connectivity index (χ0v) is 16.5. The Morgan fingerprint density at radius 1 is 1.14 bits per heavy atom. The summed E-state index contributed by atoms with van der Waals surface area (Å²) in [6, 6.07) is 13.7. The predicted molar refractivity (Wildman–Crippen MR) is 107 cm³/mol. The van der Waals surface area contributed by atoms with Gasteiger partial charge in [0.2, 0.25) is 5.91 Å². The third kappa shape index (κ3) is 4.89. The topological polar surface area (TPSA) is 69.0 Å². The van der Waals surface area contributed by atoms with Crippen molar-refractivity contribution in [3.8, 4) is 17.1 Å². The zero-order valence-electron chi connectivity index (χ0n) is 15.7. The van der Waals surface area contributed by atoms with Gasteiger partial charge in [-0.15, -0.1) is 10.2 Å². The second kappa shape index (κ2) is 9.36. The Morgan fingerprint density at radius 2 is 1.86 bits per heavy atom. The molecule has 0 saturated carbocycles. The highest BCUT2D eigenvalue weighted by molar-refractivity contribution is 7.99. The van der Waals surface area contributed by atoms with E-state index in [-0.39, 0.29) is 17.5 Å². The minimum Gasteiger partial charge on any atom is -0.497 e. The van der Waals surface area contributed by atoms with Gasteiger partial charge in [0, 0.05) is 18.7 Å². The SMILES string of the molecule is CCn1c(SCC(=O)NCc2ccc(F)cc2)nnc1-c1ccc(OC)cc1. The number of carbonyl (C=O) groups excluding carboxylic acids is 1. The van der Waals surface area contributed by atoms with Crippen molar-refractivity contribution in [2.45, 2.75) is 25.2 Å². The van der Waals surface area contributed by atoms with E-state index in [9.17, 15) is 9.18 Å². The van der Waals surface area contributed by atoms with Crippen LogP contribution in [0.1, 0.15) is 12.5 Å². The molecule has 146 valence electrons. The van der Waals surface area contributed by atoms with Gasteiger partial charge in [0.1, 0.15) is 11.6 Å². The van der Waals surface area contributed by atoms with Crippen molar-refractivity contribution in [1.82, 2.24) is 20.1 Å². The van der Waals surface area contributed by atoms with Crippen LogP contribution in [0.3, 0.4) is 0 Å². The van der Waals surface area contributed by atoms with Gasteiger partial charge in [0.05, 0.1) is 12.9 Å². The summed E-state index contributed by atoms with van der Waals surface area (Å²) in [5.74, 6) is 1.34. The van der Waals surface area contributed by atoms with E-state index < -0.39 is 0 Å². The molecule has 1 heterocycles. The molecule has 0 unspecified atom stereocenters. The standard InChI is InChI=1S/C20H21FN4O2S/c1-3-25-19(15-6-10-17(27-2)11-7-15)23-24-20(25)28-13-18(26)22-12-14-4-8-16(21)9-5-14/h4-11H,3,12-13H2,1-2H3,(H,22,26). The van der Waals surface area contributed by atoms with Crippen molar-refractivity contribution in [3.63, 3.8) is 0 Å². The van der Waals surface area contributed by atoms with E-state index in [2.05, 4.69) is 15.5 Å². The van der Waals surface area contributed by atoms with Gasteiger partial charge >= 0.3 is 0 Å². The molecule has 1 aromatic heterocycles. The number of ether oxygens (including phenoxy) is 1. The van der Waals surface area contributed by atoms with Crippen molar-refractivity contribution in [2.75, 3.05) is 12.9 Å². The van der Waals surface area contributed by atoms with Crippen molar-refractivity contribution in [3.05, 3.63) is 59.9 Å². The Hall–Kier alpha value is -2.87. The molecule has 1 amide bonds. The number of nitrogens with one attached hydrogen (secondary N) is 1. The average molecular weight is 400 g/mol. The molecular weight excluding hydrogens is 379 g/mol. The molecule has 3 aromatic rings. The second-order valence-corrected chi connectivity index (χ2v) is 6.91. The summed E-state index contributed by atoms with van der Waals surface area (Å²) in [4.78, 5) is 12.1. The molecule has 0 aliphatic rings. The minimum absolute atomic E-state index is 0.119. The van der Waals surface area contributed by atoms with E-state index in [4.69, 9.17) is 4.74 Å². The Labute approximate surface area is 167 Å². The molecule has 0 spiro atoms. The Morgan fingerprint density at radius 3 is 2.50 bits per heavy atom. The number of hydrogen-bond donors (Lipinski definition) is 1. The molecule has 0 saturated heterocycles. The zero-order chi connectivity index (χ0) is 19.9. The van der Waals surface area contributed by atoms with E-state index in [0.717, 1.165) is 22.7 Å². The first-order valence-electron chi connectivity index (χ1n) is 8.82. The Balaban J connectivity index is 1.60. The summed E-state index contributed by atoms with van der Waals surface area (Å²) in [5, 5.41) is 12.0. The number of rotatable bonds is 8. The van der Waals surface area contributed by atoms with E-state index in [1.165, 1.54) is 23.9 Å². The summed E-state index contributed by atoms with van der Waals surface area (Å²) in [7, 11) is 1.62. The summed E-state index contributed by atoms with van der Waals surface area (Å²) in [6.07, 6.45) is 0. The first-order valence-corrected chi connectivity index (χ1v) is 9.81. The molecular formula is C20H21FN4O2S. The van der Waals surface area contributed by atoms with Crippen molar-refractivity contribution in [2.24, 2.45) is 0 Å². The summed E-state index contributed by atoms with van der Waals surface area (Å²) in [5.41, 5.74) is 1.78. The van der Waals surface area contributed by atoms with Gasteiger partial charge in [-0.05, 0) is 48.9 Å². The van der Waals surface area contributed by atoms with Crippen LogP contribution in [0, 0.1) is 5.82 Å². The lowest BCUT2D eigenvalue weighted by Gasteiger charge is -2.08. The number of thioether (sulfide) groups is 1. The van der Waals surface area contributed by atoms with Crippen molar-refractivity contribution < 1.29 is 13.9 Å². The third-order valence-electron chi connectivity index (χ3n) is 4.12. The molecule has 0 bridgehead atoms. The van der Waals surface area contributed by atoms with Gasteiger partial charge in [-0.2, -0.15) is 0 Å². The largest absolute Gasteiger partial charge is 0.497 e. The minimum atomic E-state index is -0.294. The summed E-state index contributed by atoms with van der Waals surface area (Å²) < 4.78 is 20.1. The van der Waals surface area contributed by atoms with E-state index in [1.807, 2.05) is 35.8 Å². The molecule has 0 atom stereocenters. The lowest BCUT2D eigenvalue weighted by molar-refractivity contribution is -0.118. The molecule has 0 aliphatic carbocycles. The van der Waals surface area contributed by atoms with Gasteiger partial charge in [0.25, 0.3) is 0 Å². The van der Waals surface area contributed by atoms with Crippen molar-refractivity contribution in [1.29, 1.82) is 0 Å². The first kappa shape index (κ1) is 19.9. The molecule has 8 heteroatoms. The van der Waals surface area contributed by atoms with Crippen molar-refractivity contribution >= 4 is 17.7 Å². The molecule has 0 aliphatic heterocycles. The highest BCUT2D eigenvalue weighted by atomic mass is 32.2. The quantitative estimate of drug-likeness (QED) is 0.586. The number of halogens is 1. The molecule has 0 fully saturated rings. The van der Waals surface area contributed by atoms with E-state index in [1.54, 1.807) is 19.2 Å². The number of nitrogens with zero attached hydrogens (tertiary/aromatic N) is 3. The van der Waals surface area contributed by atoms with E-state index >= 15 is 0 Å². The maximum Gasteiger partial charge on any atom is 0.230 e. The van der Waals surface area contributed by atoms with E-state index in [0.29, 0.717) is 18.2 Å². The van der Waals surface area contributed by atoms with Crippen LogP contribution < -0.4 is 10.1 Å². The van der Waals surface area contributed by atoms with Gasteiger partial charge in [0.15, 0.2) is 11.0 Å². The molecule has 28 heavy (non-hydrogen) atoms. The predicted octanol–water partition coefficient (Wildman–Crippen LogP) is 3.52. The number of hydrogen-bond acceptors (Lipinski definition) is 5. The van der Waals surface area contributed by atoms with Gasteiger partial charge in [-0.1, -0.05) is 23.9 Å². The van der Waals surface area contributed by atoms with Gasteiger partial charge in [-0.25, -0.2) is 4.39 Å². The fraction of sp³-hybridized carbons (Fsp3) is 0.250. The summed E-state index contributed by atoms with van der Waals surface area (Å²) in [6.45, 7) is 3.06. The second-order valence-electron chi connectivity index (χ2n) is 5.97. The average Bonchev–Trinajstić information content (AvgIpc) is 3.14. The van der Waals surface area contributed by atoms with Crippen LogP contribution in [-0.4, -0.2) is 33.5 Å². The smallest absolute Gasteiger partial charge is 0.230 e. The summed E-state index contributed by atoms with van der Waals surface area (Å²) >= 11 is 1.33. The number of methoxy groups -OCH3 is 1. The number of benzene rings is 2. The normalized spacial score (nSPS) is 10.7. The van der Waals surface area contributed by atoms with Crippen LogP contribution in [-0.2, 0) is 17.9 Å². The number of aromatic nitrogens is 3. The Bertz CT molecular complexity index is 926. The fourth-order valence-electron chi connectivity index (χ4n) is 2.62. The van der Waals surface area contributed by atoms with Crippen LogP contribution >= 0.6 is 11.8 Å². The molecule has 0 radical (unpaired) electrons. The highest BCUT2D eigenvalue weighted by Gasteiger charge is 2.14. The monoisotopic (exact) mass is 400 g/mol. The molecule has 1 N–H and O–H groups in total. The molecule has 6 nitrogen and oxygen atoms in total. The van der Waals surface area contributed by atoms with Crippen LogP contribution in [0.2, 0.25) is 0 Å². The fourth-order valence-corrected chi connectivity index (χ4v) is 3.45. The third-order valence-corrected chi connectivity index (χ3v) is 5.08. The maximum absolute atomic E-state index is 12.9. The lowest BCUT2D eigenvalue weighted by atomic mass is 10.2. The lowest BCUT2D eigenvalue weighted by Crippen LogP contribution is -2.24. The number of amides is 1.